The number of amides is 1. The van der Waals surface area contributed by atoms with Crippen molar-refractivity contribution in [2.24, 2.45) is 5.92 Å². The molecule has 1 aromatic carbocycles. The molecule has 0 saturated heterocycles. The largest absolute Gasteiger partial charge is 0.353 e. The summed E-state index contributed by atoms with van der Waals surface area (Å²) in [5.74, 6) is 0.301. The fourth-order valence-corrected chi connectivity index (χ4v) is 3.36. The molecule has 2 atom stereocenters. The second kappa shape index (κ2) is 7.99. The lowest BCUT2D eigenvalue weighted by Gasteiger charge is -2.21. The fraction of sp³-hybridized carbons (Fsp3) is 0.529. The molecular formula is C17H22FN5O. The van der Waals surface area contributed by atoms with Gasteiger partial charge in [-0.15, -0.1) is 5.10 Å². The third-order valence-electron chi connectivity index (χ3n) is 4.60. The maximum absolute atomic E-state index is 13.0. The van der Waals surface area contributed by atoms with E-state index in [0.29, 0.717) is 25.3 Å². The van der Waals surface area contributed by atoms with Gasteiger partial charge in [-0.3, -0.25) is 4.79 Å². The van der Waals surface area contributed by atoms with Crippen LogP contribution in [0.5, 0.6) is 0 Å². The Morgan fingerprint density at radius 3 is 2.88 bits per heavy atom. The highest BCUT2D eigenvalue weighted by molar-refractivity contribution is 5.76. The van der Waals surface area contributed by atoms with Crippen LogP contribution in [-0.2, 0) is 17.8 Å². The van der Waals surface area contributed by atoms with Crippen LogP contribution < -0.4 is 5.32 Å². The first-order valence-corrected chi connectivity index (χ1v) is 8.45. The molecule has 24 heavy (non-hydrogen) atoms. The monoisotopic (exact) mass is 331 g/mol. The van der Waals surface area contributed by atoms with Gasteiger partial charge in [0, 0.05) is 19.0 Å². The fourth-order valence-electron chi connectivity index (χ4n) is 3.36. The molecule has 0 aliphatic heterocycles. The third kappa shape index (κ3) is 4.59. The van der Waals surface area contributed by atoms with Crippen LogP contribution in [0.15, 0.2) is 30.6 Å². The summed E-state index contributed by atoms with van der Waals surface area (Å²) in [5, 5.41) is 14.1. The number of aryl methyl sites for hydroxylation is 1. The zero-order chi connectivity index (χ0) is 16.8. The van der Waals surface area contributed by atoms with Crippen molar-refractivity contribution in [3.8, 4) is 0 Å². The maximum atomic E-state index is 13.0. The topological polar surface area (TPSA) is 72.7 Å². The number of carbonyl (C=O) groups is 1. The van der Waals surface area contributed by atoms with Gasteiger partial charge in [-0.1, -0.05) is 18.6 Å². The van der Waals surface area contributed by atoms with Crippen LogP contribution in [0.25, 0.3) is 0 Å². The van der Waals surface area contributed by atoms with Gasteiger partial charge in [0.05, 0.1) is 0 Å². The van der Waals surface area contributed by atoms with Crippen LogP contribution >= 0.6 is 0 Å². The number of carbonyl (C=O) groups excluding carboxylic acids is 1. The van der Waals surface area contributed by atoms with Gasteiger partial charge in [-0.25, -0.2) is 9.07 Å². The second-order valence-electron chi connectivity index (χ2n) is 6.37. The van der Waals surface area contributed by atoms with Gasteiger partial charge in [0.2, 0.25) is 5.91 Å². The minimum Gasteiger partial charge on any atom is -0.353 e. The number of benzene rings is 1. The molecule has 1 aromatic heterocycles. The Labute approximate surface area is 140 Å². The molecule has 1 amide bonds. The van der Waals surface area contributed by atoms with Crippen LogP contribution in [0, 0.1) is 11.7 Å². The van der Waals surface area contributed by atoms with Gasteiger partial charge >= 0.3 is 0 Å². The van der Waals surface area contributed by atoms with Gasteiger partial charge < -0.3 is 5.32 Å². The van der Waals surface area contributed by atoms with E-state index in [1.165, 1.54) is 12.1 Å². The molecule has 128 valence electrons. The smallest absolute Gasteiger partial charge is 0.220 e. The van der Waals surface area contributed by atoms with E-state index in [4.69, 9.17) is 0 Å². The Morgan fingerprint density at radius 2 is 2.12 bits per heavy atom. The van der Waals surface area contributed by atoms with Crippen molar-refractivity contribution in [2.75, 3.05) is 0 Å². The summed E-state index contributed by atoms with van der Waals surface area (Å²) in [6.07, 6.45) is 6.87. The summed E-state index contributed by atoms with van der Waals surface area (Å²) in [4.78, 5) is 12.1. The van der Waals surface area contributed by atoms with Crippen molar-refractivity contribution >= 4 is 5.91 Å². The summed E-state index contributed by atoms with van der Waals surface area (Å²) in [5.41, 5.74) is 1.13. The van der Waals surface area contributed by atoms with Gasteiger partial charge in [0.25, 0.3) is 0 Å². The highest BCUT2D eigenvalue weighted by Gasteiger charge is 2.28. The quantitative estimate of drug-likeness (QED) is 0.843. The normalized spacial score (nSPS) is 20.2. The van der Waals surface area contributed by atoms with Gasteiger partial charge in [0.1, 0.15) is 12.1 Å². The molecule has 0 radical (unpaired) electrons. The van der Waals surface area contributed by atoms with E-state index in [1.54, 1.807) is 11.0 Å². The summed E-state index contributed by atoms with van der Waals surface area (Å²) in [6, 6.07) is 6.88. The first-order valence-electron chi connectivity index (χ1n) is 8.45. The van der Waals surface area contributed by atoms with Crippen LogP contribution in [0.2, 0.25) is 0 Å². The Hall–Kier alpha value is -2.31. The van der Waals surface area contributed by atoms with Crippen molar-refractivity contribution in [1.82, 2.24) is 25.5 Å². The first-order chi connectivity index (χ1) is 11.7. The standard InChI is InChI=1S/C17H22FN5O/c18-15-8-6-13(7-9-15)11-14-3-1-4-16(14)20-17(24)5-2-10-23-12-19-21-22-23/h6-9,12,14,16H,1-5,10-11H2,(H,20,24). The van der Waals surface area contributed by atoms with Gasteiger partial charge in [-0.2, -0.15) is 0 Å². The van der Waals surface area contributed by atoms with Crippen molar-refractivity contribution in [3.05, 3.63) is 42.0 Å². The highest BCUT2D eigenvalue weighted by Crippen LogP contribution is 2.29. The van der Waals surface area contributed by atoms with Crippen LogP contribution in [0.1, 0.15) is 37.7 Å². The maximum Gasteiger partial charge on any atom is 0.220 e. The number of tetrazole rings is 1. The molecule has 1 aliphatic carbocycles. The van der Waals surface area contributed by atoms with E-state index < -0.39 is 0 Å². The molecule has 6 nitrogen and oxygen atoms in total. The van der Waals surface area contributed by atoms with Gasteiger partial charge in [-0.05, 0) is 59.7 Å². The summed E-state index contributed by atoms with van der Waals surface area (Å²) in [6.45, 7) is 0.643. The summed E-state index contributed by atoms with van der Waals surface area (Å²) in [7, 11) is 0. The highest BCUT2D eigenvalue weighted by atomic mass is 19.1. The Kier molecular flexibility index (Phi) is 5.51. The van der Waals surface area contributed by atoms with E-state index in [2.05, 4.69) is 20.8 Å². The van der Waals surface area contributed by atoms with Crippen LogP contribution in [0.4, 0.5) is 4.39 Å². The number of aromatic nitrogens is 4. The number of nitrogens with one attached hydrogen (secondary N) is 1. The molecule has 0 spiro atoms. The van der Waals surface area contributed by atoms with Crippen molar-refractivity contribution in [1.29, 1.82) is 0 Å². The summed E-state index contributed by atoms with van der Waals surface area (Å²) < 4.78 is 14.6. The zero-order valence-corrected chi connectivity index (χ0v) is 13.6. The molecule has 0 bridgehead atoms. The number of hydrogen-bond donors (Lipinski definition) is 1. The molecule has 2 aromatic rings. The third-order valence-corrected chi connectivity index (χ3v) is 4.60. The summed E-state index contributed by atoms with van der Waals surface area (Å²) >= 11 is 0. The van der Waals surface area contributed by atoms with E-state index in [1.807, 2.05) is 12.1 Å². The average molecular weight is 331 g/mol. The van der Waals surface area contributed by atoms with E-state index >= 15 is 0 Å². The molecule has 3 rings (SSSR count). The minimum atomic E-state index is -0.211. The molecule has 1 N–H and O–H groups in total. The van der Waals surface area contributed by atoms with Crippen LogP contribution in [0.3, 0.4) is 0 Å². The number of nitrogens with zero attached hydrogens (tertiary/aromatic N) is 4. The predicted molar refractivity (Wildman–Crippen MR) is 86.4 cm³/mol. The molecule has 1 heterocycles. The minimum absolute atomic E-state index is 0.0825. The molecule has 2 unspecified atom stereocenters. The zero-order valence-electron chi connectivity index (χ0n) is 13.6. The van der Waals surface area contributed by atoms with E-state index in [9.17, 15) is 9.18 Å². The lowest BCUT2D eigenvalue weighted by Crippen LogP contribution is -2.38. The first kappa shape index (κ1) is 16.5. The van der Waals surface area contributed by atoms with Crippen molar-refractivity contribution in [2.45, 2.75) is 51.1 Å². The SMILES string of the molecule is O=C(CCCn1cnnn1)NC1CCCC1Cc1ccc(F)cc1. The number of rotatable bonds is 7. The van der Waals surface area contributed by atoms with Gasteiger partial charge in [0.15, 0.2) is 0 Å². The predicted octanol–water partition coefficient (Wildman–Crippen LogP) is 2.12. The van der Waals surface area contributed by atoms with Crippen LogP contribution in [-0.4, -0.2) is 32.2 Å². The molecule has 1 saturated carbocycles. The second-order valence-corrected chi connectivity index (χ2v) is 6.37. The lowest BCUT2D eigenvalue weighted by molar-refractivity contribution is -0.122. The molecular weight excluding hydrogens is 309 g/mol. The lowest BCUT2D eigenvalue weighted by atomic mass is 9.94. The van der Waals surface area contributed by atoms with Crippen molar-refractivity contribution in [3.63, 3.8) is 0 Å². The Balaban J connectivity index is 1.44. The average Bonchev–Trinajstić information content (AvgIpc) is 3.22. The molecule has 1 aliphatic rings. The Morgan fingerprint density at radius 1 is 1.29 bits per heavy atom. The van der Waals surface area contributed by atoms with E-state index in [0.717, 1.165) is 31.2 Å². The number of hydrogen-bond acceptors (Lipinski definition) is 4. The number of halogens is 1. The molecule has 7 heteroatoms. The van der Waals surface area contributed by atoms with Crippen molar-refractivity contribution < 1.29 is 9.18 Å². The van der Waals surface area contributed by atoms with E-state index in [-0.39, 0.29) is 17.8 Å². The molecule has 1 fully saturated rings. The Bertz CT molecular complexity index is 644.